The molecular formula is C15H22N2O4. The van der Waals surface area contributed by atoms with Gasteiger partial charge in [-0.25, -0.2) is 0 Å². The number of hydrogen-bond acceptors (Lipinski definition) is 4. The third-order valence-electron chi connectivity index (χ3n) is 2.71. The van der Waals surface area contributed by atoms with Crippen molar-refractivity contribution < 1.29 is 19.4 Å². The molecule has 0 aliphatic carbocycles. The predicted molar refractivity (Wildman–Crippen MR) is 79.9 cm³/mol. The first-order valence-corrected chi connectivity index (χ1v) is 6.90. The zero-order valence-electron chi connectivity index (χ0n) is 12.4. The van der Waals surface area contributed by atoms with E-state index < -0.39 is 17.9 Å². The highest BCUT2D eigenvalue weighted by molar-refractivity contribution is 6.03. The Morgan fingerprint density at radius 3 is 2.52 bits per heavy atom. The lowest BCUT2D eigenvalue weighted by Crippen LogP contribution is -2.36. The number of ether oxygens (including phenoxy) is 1. The normalized spacial score (nSPS) is 11.8. The van der Waals surface area contributed by atoms with Gasteiger partial charge in [-0.1, -0.05) is 17.7 Å². The van der Waals surface area contributed by atoms with Crippen molar-refractivity contribution >= 4 is 17.5 Å². The van der Waals surface area contributed by atoms with E-state index in [0.717, 1.165) is 5.56 Å². The number of carbonyl (C=O) groups is 2. The number of rotatable bonds is 8. The number of hydrogen-bond donors (Lipinski definition) is 3. The second kappa shape index (κ2) is 9.10. The number of benzene rings is 1. The van der Waals surface area contributed by atoms with Crippen LogP contribution in [-0.4, -0.2) is 42.8 Å². The maximum atomic E-state index is 11.7. The molecule has 6 heteroatoms. The highest BCUT2D eigenvalue weighted by atomic mass is 16.5. The number of aryl methyl sites for hydroxylation is 1. The van der Waals surface area contributed by atoms with Crippen LogP contribution in [-0.2, 0) is 14.3 Å². The van der Waals surface area contributed by atoms with Crippen LogP contribution >= 0.6 is 0 Å². The zero-order valence-corrected chi connectivity index (χ0v) is 12.4. The average Bonchev–Trinajstić information content (AvgIpc) is 2.45. The van der Waals surface area contributed by atoms with Gasteiger partial charge in [0.1, 0.15) is 6.42 Å². The van der Waals surface area contributed by atoms with Crippen molar-refractivity contribution in [2.75, 3.05) is 25.1 Å². The van der Waals surface area contributed by atoms with E-state index in [9.17, 15) is 14.7 Å². The molecule has 21 heavy (non-hydrogen) atoms. The topological polar surface area (TPSA) is 87.7 Å². The molecule has 0 saturated heterocycles. The Morgan fingerprint density at radius 2 is 1.90 bits per heavy atom. The molecule has 0 unspecified atom stereocenters. The maximum Gasteiger partial charge on any atom is 0.233 e. The van der Waals surface area contributed by atoms with Gasteiger partial charge in [0.25, 0.3) is 0 Å². The van der Waals surface area contributed by atoms with Crippen LogP contribution < -0.4 is 10.6 Å². The van der Waals surface area contributed by atoms with Gasteiger partial charge >= 0.3 is 0 Å². The fourth-order valence-electron chi connectivity index (χ4n) is 1.59. The van der Waals surface area contributed by atoms with E-state index >= 15 is 0 Å². The minimum atomic E-state index is -0.769. The summed E-state index contributed by atoms with van der Waals surface area (Å²) in [5.74, 6) is -0.828. The second-order valence-corrected chi connectivity index (χ2v) is 4.71. The number of amides is 2. The molecule has 1 atom stereocenters. The molecule has 0 radical (unpaired) electrons. The van der Waals surface area contributed by atoms with E-state index in [0.29, 0.717) is 12.3 Å². The molecule has 116 valence electrons. The summed E-state index contributed by atoms with van der Waals surface area (Å²) < 4.78 is 5.02. The van der Waals surface area contributed by atoms with E-state index in [1.165, 1.54) is 0 Å². The van der Waals surface area contributed by atoms with Gasteiger partial charge in [0.15, 0.2) is 0 Å². The van der Waals surface area contributed by atoms with Crippen LogP contribution in [0.1, 0.15) is 18.9 Å². The Hall–Kier alpha value is -1.92. The molecular weight excluding hydrogens is 272 g/mol. The summed E-state index contributed by atoms with van der Waals surface area (Å²) in [4.78, 5) is 23.2. The van der Waals surface area contributed by atoms with Crippen molar-refractivity contribution in [1.29, 1.82) is 0 Å². The van der Waals surface area contributed by atoms with Crippen LogP contribution in [0.25, 0.3) is 0 Å². The van der Waals surface area contributed by atoms with E-state index in [2.05, 4.69) is 10.6 Å². The summed E-state index contributed by atoms with van der Waals surface area (Å²) in [6.45, 7) is 4.50. The predicted octanol–water partition coefficient (Wildman–Crippen LogP) is 0.837. The Morgan fingerprint density at radius 1 is 1.24 bits per heavy atom. The van der Waals surface area contributed by atoms with Crippen molar-refractivity contribution in [2.45, 2.75) is 26.4 Å². The monoisotopic (exact) mass is 294 g/mol. The van der Waals surface area contributed by atoms with Gasteiger partial charge in [0, 0.05) is 18.8 Å². The van der Waals surface area contributed by atoms with Crippen molar-refractivity contribution in [3.63, 3.8) is 0 Å². The van der Waals surface area contributed by atoms with Crippen LogP contribution in [0.3, 0.4) is 0 Å². The summed E-state index contributed by atoms with van der Waals surface area (Å²) in [5, 5.41) is 14.6. The van der Waals surface area contributed by atoms with Gasteiger partial charge in [-0.15, -0.1) is 0 Å². The van der Waals surface area contributed by atoms with Crippen molar-refractivity contribution in [3.05, 3.63) is 29.8 Å². The third-order valence-corrected chi connectivity index (χ3v) is 2.71. The van der Waals surface area contributed by atoms with Gasteiger partial charge in [0.05, 0.1) is 12.7 Å². The fourth-order valence-corrected chi connectivity index (χ4v) is 1.59. The lowest BCUT2D eigenvalue weighted by molar-refractivity contribution is -0.127. The van der Waals surface area contributed by atoms with Gasteiger partial charge in [-0.05, 0) is 26.0 Å². The molecule has 1 aromatic rings. The molecule has 0 bridgehead atoms. The number of nitrogens with one attached hydrogen (secondary N) is 2. The van der Waals surface area contributed by atoms with Crippen LogP contribution in [0, 0.1) is 6.92 Å². The molecule has 0 fully saturated rings. The highest BCUT2D eigenvalue weighted by Gasteiger charge is 2.11. The summed E-state index contributed by atoms with van der Waals surface area (Å²) in [6.07, 6.45) is -1.05. The molecule has 1 rings (SSSR count). The summed E-state index contributed by atoms with van der Waals surface area (Å²) >= 11 is 0. The molecule has 6 nitrogen and oxygen atoms in total. The summed E-state index contributed by atoms with van der Waals surface area (Å²) in [6, 6.07) is 7.30. The molecule has 0 aliphatic rings. The summed E-state index contributed by atoms with van der Waals surface area (Å²) in [5.41, 5.74) is 1.74. The van der Waals surface area contributed by atoms with Crippen molar-refractivity contribution in [2.24, 2.45) is 0 Å². The molecule has 3 N–H and O–H groups in total. The molecule has 0 spiro atoms. The first-order chi connectivity index (χ1) is 10.0. The van der Waals surface area contributed by atoms with E-state index in [4.69, 9.17) is 4.74 Å². The van der Waals surface area contributed by atoms with E-state index in [1.807, 2.05) is 26.0 Å². The molecule has 0 aliphatic heterocycles. The number of aliphatic hydroxyl groups excluding tert-OH is 1. The molecule has 0 heterocycles. The smallest absolute Gasteiger partial charge is 0.233 e. The van der Waals surface area contributed by atoms with Gasteiger partial charge in [-0.3, -0.25) is 9.59 Å². The van der Waals surface area contributed by atoms with Gasteiger partial charge < -0.3 is 20.5 Å². The van der Waals surface area contributed by atoms with E-state index in [-0.39, 0.29) is 19.6 Å². The first kappa shape index (κ1) is 17.1. The third kappa shape index (κ3) is 7.43. The first-order valence-electron chi connectivity index (χ1n) is 6.90. The quantitative estimate of drug-likeness (QED) is 0.620. The largest absolute Gasteiger partial charge is 0.389 e. The van der Waals surface area contributed by atoms with E-state index in [1.54, 1.807) is 12.1 Å². The lowest BCUT2D eigenvalue weighted by atomic mass is 10.2. The average molecular weight is 294 g/mol. The number of carbonyl (C=O) groups excluding carboxylic acids is 2. The van der Waals surface area contributed by atoms with Crippen molar-refractivity contribution in [3.8, 4) is 0 Å². The SMILES string of the molecule is CCOC[C@@H](O)CNC(=O)CC(=O)Nc1ccc(C)cc1. The molecule has 1 aromatic carbocycles. The molecule has 0 saturated carbocycles. The Labute approximate surface area is 124 Å². The zero-order chi connectivity index (χ0) is 15.7. The minimum Gasteiger partial charge on any atom is -0.389 e. The minimum absolute atomic E-state index is 0.0661. The molecule has 0 aromatic heterocycles. The van der Waals surface area contributed by atoms with Crippen LogP contribution in [0.15, 0.2) is 24.3 Å². The van der Waals surface area contributed by atoms with Crippen LogP contribution in [0.2, 0.25) is 0 Å². The fraction of sp³-hybridized carbons (Fsp3) is 0.467. The van der Waals surface area contributed by atoms with Crippen LogP contribution in [0.5, 0.6) is 0 Å². The molecule has 2 amide bonds. The van der Waals surface area contributed by atoms with Crippen LogP contribution in [0.4, 0.5) is 5.69 Å². The van der Waals surface area contributed by atoms with Gasteiger partial charge in [-0.2, -0.15) is 0 Å². The number of aliphatic hydroxyl groups is 1. The second-order valence-electron chi connectivity index (χ2n) is 4.71. The van der Waals surface area contributed by atoms with Crippen molar-refractivity contribution in [1.82, 2.24) is 5.32 Å². The Balaban J connectivity index is 2.27. The highest BCUT2D eigenvalue weighted by Crippen LogP contribution is 2.08. The number of anilines is 1. The lowest BCUT2D eigenvalue weighted by Gasteiger charge is -2.11. The summed E-state index contributed by atoms with van der Waals surface area (Å²) in [7, 11) is 0. The standard InChI is InChI=1S/C15H22N2O4/c1-3-21-10-13(18)9-16-14(19)8-15(20)17-12-6-4-11(2)5-7-12/h4-7,13,18H,3,8-10H2,1-2H3,(H,16,19)(H,17,20)/t13-/m0/s1. The van der Waals surface area contributed by atoms with Gasteiger partial charge in [0.2, 0.25) is 11.8 Å². The maximum absolute atomic E-state index is 11.7. The Kier molecular flexibility index (Phi) is 7.42. The Bertz CT molecular complexity index is 459.